The van der Waals surface area contributed by atoms with Crippen LogP contribution in [0.2, 0.25) is 5.02 Å². The first-order chi connectivity index (χ1) is 9.11. The van der Waals surface area contributed by atoms with Crippen LogP contribution in [0.3, 0.4) is 0 Å². The number of hydrogen-bond donors (Lipinski definition) is 1. The molecule has 0 aromatic heterocycles. The molecule has 1 saturated carbocycles. The first-order valence-corrected chi connectivity index (χ1v) is 7.67. The fourth-order valence-corrected chi connectivity index (χ4v) is 2.76. The lowest BCUT2D eigenvalue weighted by Crippen LogP contribution is -2.38. The summed E-state index contributed by atoms with van der Waals surface area (Å²) in [4.78, 5) is 0. The molecular weight excluding hydrogens is 261 g/mol. The van der Waals surface area contributed by atoms with E-state index in [1.54, 1.807) is 12.1 Å². The minimum atomic E-state index is -0.313. The molecule has 106 valence electrons. The molecule has 0 spiro atoms. The molecule has 0 bridgehead atoms. The predicted octanol–water partition coefficient (Wildman–Crippen LogP) is 4.44. The highest BCUT2D eigenvalue weighted by Gasteiger charge is 2.33. The van der Waals surface area contributed by atoms with Gasteiger partial charge in [0.2, 0.25) is 0 Å². The standard InChI is InChI=1S/C16H23ClFN/c1-3-8-19-16(11(2)13-5-6-13)10-12-4-7-14(17)15(18)9-12/h4,7,9,11,13,16,19H,3,5-6,8,10H2,1-2H3. The van der Waals surface area contributed by atoms with E-state index in [0.717, 1.165) is 30.9 Å². The van der Waals surface area contributed by atoms with Gasteiger partial charge < -0.3 is 5.32 Å². The van der Waals surface area contributed by atoms with Gasteiger partial charge in [0.25, 0.3) is 0 Å². The number of hydrogen-bond acceptors (Lipinski definition) is 1. The van der Waals surface area contributed by atoms with Crippen LogP contribution in [0.15, 0.2) is 18.2 Å². The highest BCUT2D eigenvalue weighted by molar-refractivity contribution is 6.30. The van der Waals surface area contributed by atoms with Gasteiger partial charge in [0, 0.05) is 6.04 Å². The van der Waals surface area contributed by atoms with Crippen molar-refractivity contribution in [3.63, 3.8) is 0 Å². The molecule has 1 aliphatic rings. The molecule has 1 fully saturated rings. The Morgan fingerprint density at radius 3 is 2.74 bits per heavy atom. The molecule has 1 N–H and O–H groups in total. The molecule has 1 nitrogen and oxygen atoms in total. The molecule has 3 heteroatoms. The Kier molecular flexibility index (Phi) is 5.23. The summed E-state index contributed by atoms with van der Waals surface area (Å²) in [6.45, 7) is 5.52. The lowest BCUT2D eigenvalue weighted by atomic mass is 9.91. The van der Waals surface area contributed by atoms with E-state index in [4.69, 9.17) is 11.6 Å². The van der Waals surface area contributed by atoms with E-state index in [2.05, 4.69) is 19.2 Å². The van der Waals surface area contributed by atoms with Crippen LogP contribution in [0.1, 0.15) is 38.7 Å². The Morgan fingerprint density at radius 2 is 2.16 bits per heavy atom. The number of benzene rings is 1. The van der Waals surface area contributed by atoms with Gasteiger partial charge in [0.15, 0.2) is 0 Å². The average Bonchev–Trinajstić information content (AvgIpc) is 3.22. The predicted molar refractivity (Wildman–Crippen MR) is 79.1 cm³/mol. The van der Waals surface area contributed by atoms with Gasteiger partial charge in [0.05, 0.1) is 5.02 Å². The van der Waals surface area contributed by atoms with E-state index in [-0.39, 0.29) is 10.8 Å². The van der Waals surface area contributed by atoms with Gasteiger partial charge in [-0.2, -0.15) is 0 Å². The molecule has 0 saturated heterocycles. The van der Waals surface area contributed by atoms with E-state index < -0.39 is 0 Å². The molecule has 2 rings (SSSR count). The Labute approximate surface area is 120 Å². The van der Waals surface area contributed by atoms with Crippen LogP contribution < -0.4 is 5.32 Å². The van der Waals surface area contributed by atoms with Gasteiger partial charge in [-0.05, 0) is 61.8 Å². The third kappa shape index (κ3) is 4.19. The highest BCUT2D eigenvalue weighted by atomic mass is 35.5. The summed E-state index contributed by atoms with van der Waals surface area (Å²) in [5, 5.41) is 3.82. The van der Waals surface area contributed by atoms with Crippen LogP contribution in [0.5, 0.6) is 0 Å². The third-order valence-corrected chi connectivity index (χ3v) is 4.40. The minimum absolute atomic E-state index is 0.206. The lowest BCUT2D eigenvalue weighted by molar-refractivity contribution is 0.339. The van der Waals surface area contributed by atoms with Gasteiger partial charge in [0.1, 0.15) is 5.82 Å². The Bertz CT molecular complexity index is 417. The molecule has 1 aromatic rings. The third-order valence-electron chi connectivity index (χ3n) is 4.10. The van der Waals surface area contributed by atoms with Crippen LogP contribution in [0.4, 0.5) is 4.39 Å². The first-order valence-electron chi connectivity index (χ1n) is 7.29. The van der Waals surface area contributed by atoms with E-state index in [1.807, 2.05) is 6.07 Å². The Morgan fingerprint density at radius 1 is 1.42 bits per heavy atom. The van der Waals surface area contributed by atoms with Crippen LogP contribution in [0.25, 0.3) is 0 Å². The molecule has 0 heterocycles. The highest BCUT2D eigenvalue weighted by Crippen LogP contribution is 2.38. The van der Waals surface area contributed by atoms with Crippen molar-refractivity contribution in [2.75, 3.05) is 6.54 Å². The van der Waals surface area contributed by atoms with Crippen molar-refractivity contribution < 1.29 is 4.39 Å². The van der Waals surface area contributed by atoms with E-state index in [9.17, 15) is 4.39 Å². The van der Waals surface area contributed by atoms with Crippen molar-refractivity contribution in [2.45, 2.75) is 45.6 Å². The molecule has 0 amide bonds. The van der Waals surface area contributed by atoms with E-state index in [0.29, 0.717) is 12.0 Å². The molecule has 2 unspecified atom stereocenters. The van der Waals surface area contributed by atoms with E-state index >= 15 is 0 Å². The lowest BCUT2D eigenvalue weighted by Gasteiger charge is -2.25. The summed E-state index contributed by atoms with van der Waals surface area (Å²) < 4.78 is 13.5. The van der Waals surface area contributed by atoms with Crippen molar-refractivity contribution in [1.29, 1.82) is 0 Å². The van der Waals surface area contributed by atoms with Crippen LogP contribution in [-0.2, 0) is 6.42 Å². The number of nitrogens with one attached hydrogen (secondary N) is 1. The molecular formula is C16H23ClFN. The van der Waals surface area contributed by atoms with Crippen molar-refractivity contribution in [2.24, 2.45) is 11.8 Å². The van der Waals surface area contributed by atoms with Gasteiger partial charge in [-0.1, -0.05) is 31.5 Å². The number of rotatable bonds is 7. The normalized spacial score (nSPS) is 18.3. The zero-order chi connectivity index (χ0) is 13.8. The fraction of sp³-hybridized carbons (Fsp3) is 0.625. The SMILES string of the molecule is CCCNC(Cc1ccc(Cl)c(F)c1)C(C)C1CC1. The van der Waals surface area contributed by atoms with E-state index in [1.165, 1.54) is 12.8 Å². The topological polar surface area (TPSA) is 12.0 Å². The Hall–Kier alpha value is -0.600. The average molecular weight is 284 g/mol. The summed E-state index contributed by atoms with van der Waals surface area (Å²) in [5.41, 5.74) is 1.03. The zero-order valence-electron chi connectivity index (χ0n) is 11.8. The van der Waals surface area contributed by atoms with Crippen molar-refractivity contribution in [1.82, 2.24) is 5.32 Å². The fourth-order valence-electron chi connectivity index (χ4n) is 2.64. The molecule has 0 radical (unpaired) electrons. The number of halogens is 2. The Balaban J connectivity index is 2.02. The summed E-state index contributed by atoms with van der Waals surface area (Å²) in [5.74, 6) is 1.20. The minimum Gasteiger partial charge on any atom is -0.313 e. The van der Waals surface area contributed by atoms with Crippen molar-refractivity contribution in [3.05, 3.63) is 34.6 Å². The quantitative estimate of drug-likeness (QED) is 0.780. The maximum Gasteiger partial charge on any atom is 0.142 e. The van der Waals surface area contributed by atoms with Crippen molar-refractivity contribution >= 4 is 11.6 Å². The second kappa shape index (κ2) is 6.71. The van der Waals surface area contributed by atoms with Crippen LogP contribution >= 0.6 is 11.6 Å². The largest absolute Gasteiger partial charge is 0.313 e. The summed E-state index contributed by atoms with van der Waals surface area (Å²) in [6, 6.07) is 5.60. The summed E-state index contributed by atoms with van der Waals surface area (Å²) >= 11 is 5.73. The second-order valence-electron chi connectivity index (χ2n) is 5.71. The van der Waals surface area contributed by atoms with Crippen LogP contribution in [0, 0.1) is 17.7 Å². The van der Waals surface area contributed by atoms with Gasteiger partial charge in [-0.25, -0.2) is 4.39 Å². The van der Waals surface area contributed by atoms with Crippen molar-refractivity contribution in [3.8, 4) is 0 Å². The molecule has 2 atom stereocenters. The molecule has 19 heavy (non-hydrogen) atoms. The monoisotopic (exact) mass is 283 g/mol. The maximum atomic E-state index is 13.5. The zero-order valence-corrected chi connectivity index (χ0v) is 12.5. The van der Waals surface area contributed by atoms with Gasteiger partial charge in [-0.15, -0.1) is 0 Å². The first kappa shape index (κ1) is 14.8. The van der Waals surface area contributed by atoms with Crippen LogP contribution in [-0.4, -0.2) is 12.6 Å². The maximum absolute atomic E-state index is 13.5. The molecule has 1 aromatic carbocycles. The van der Waals surface area contributed by atoms with Gasteiger partial charge >= 0.3 is 0 Å². The summed E-state index contributed by atoms with van der Waals surface area (Å²) in [7, 11) is 0. The summed E-state index contributed by atoms with van der Waals surface area (Å²) in [6.07, 6.45) is 4.70. The smallest absolute Gasteiger partial charge is 0.142 e. The molecule has 1 aliphatic carbocycles. The van der Waals surface area contributed by atoms with Gasteiger partial charge in [-0.3, -0.25) is 0 Å². The second-order valence-corrected chi connectivity index (χ2v) is 6.12. The molecule has 0 aliphatic heterocycles.